The molecule has 1 aliphatic rings. The van der Waals surface area contributed by atoms with E-state index >= 15 is 0 Å². The molecule has 1 atom stereocenters. The van der Waals surface area contributed by atoms with Crippen molar-refractivity contribution >= 4 is 17.3 Å². The van der Waals surface area contributed by atoms with E-state index in [-0.39, 0.29) is 0 Å². The highest BCUT2D eigenvalue weighted by Gasteiger charge is 2.33. The van der Waals surface area contributed by atoms with Crippen molar-refractivity contribution in [2.75, 3.05) is 11.4 Å². The van der Waals surface area contributed by atoms with Crippen LogP contribution in [-0.2, 0) is 0 Å². The van der Waals surface area contributed by atoms with Crippen LogP contribution in [0.1, 0.15) is 57.6 Å². The monoisotopic (exact) mass is 304 g/mol. The molecule has 0 bridgehead atoms. The second-order valence-electron chi connectivity index (χ2n) is 6.94. The largest absolute Gasteiger partial charge is 0.368 e. The Balaban J connectivity index is 2.36. The van der Waals surface area contributed by atoms with Crippen LogP contribution in [0.25, 0.3) is 0 Å². The SMILES string of the molecule is CCCC1CC(C)(C)CCN1c1ccc(C#N)c(Cl)c1C. The molecule has 1 unspecified atom stereocenters. The Morgan fingerprint density at radius 1 is 1.43 bits per heavy atom. The van der Waals surface area contributed by atoms with E-state index in [9.17, 15) is 0 Å². The van der Waals surface area contributed by atoms with Crippen LogP contribution in [0.5, 0.6) is 0 Å². The molecule has 2 nitrogen and oxygen atoms in total. The van der Waals surface area contributed by atoms with Gasteiger partial charge in [0.1, 0.15) is 6.07 Å². The average molecular weight is 305 g/mol. The maximum absolute atomic E-state index is 9.10. The number of nitrogens with zero attached hydrogens (tertiary/aromatic N) is 2. The van der Waals surface area contributed by atoms with Crippen molar-refractivity contribution in [3.8, 4) is 6.07 Å². The zero-order chi connectivity index (χ0) is 15.6. The van der Waals surface area contributed by atoms with Gasteiger partial charge >= 0.3 is 0 Å². The second kappa shape index (κ2) is 6.28. The summed E-state index contributed by atoms with van der Waals surface area (Å²) in [4.78, 5) is 2.51. The first kappa shape index (κ1) is 16.2. The number of nitriles is 1. The van der Waals surface area contributed by atoms with Gasteiger partial charge < -0.3 is 4.90 Å². The molecule has 0 saturated carbocycles. The number of hydrogen-bond donors (Lipinski definition) is 0. The lowest BCUT2D eigenvalue weighted by atomic mass is 9.77. The Bertz CT molecular complexity index is 557. The fourth-order valence-electron chi connectivity index (χ4n) is 3.44. The zero-order valence-corrected chi connectivity index (χ0v) is 14.3. The van der Waals surface area contributed by atoms with Crippen LogP contribution in [0.3, 0.4) is 0 Å². The number of benzene rings is 1. The maximum atomic E-state index is 9.10. The summed E-state index contributed by atoms with van der Waals surface area (Å²) in [6.45, 7) is 10.1. The molecule has 1 fully saturated rings. The van der Waals surface area contributed by atoms with E-state index in [0.29, 0.717) is 22.0 Å². The summed E-state index contributed by atoms with van der Waals surface area (Å²) in [6.07, 6.45) is 4.82. The number of anilines is 1. The van der Waals surface area contributed by atoms with Gasteiger partial charge in [-0.2, -0.15) is 5.26 Å². The van der Waals surface area contributed by atoms with Crippen molar-refractivity contribution in [3.63, 3.8) is 0 Å². The molecule has 0 aliphatic carbocycles. The topological polar surface area (TPSA) is 27.0 Å². The molecule has 1 saturated heterocycles. The molecule has 21 heavy (non-hydrogen) atoms. The number of rotatable bonds is 3. The van der Waals surface area contributed by atoms with Crippen molar-refractivity contribution in [1.29, 1.82) is 5.26 Å². The van der Waals surface area contributed by atoms with Crippen molar-refractivity contribution < 1.29 is 0 Å². The summed E-state index contributed by atoms with van der Waals surface area (Å²) < 4.78 is 0. The Hall–Kier alpha value is -1.20. The minimum absolute atomic E-state index is 0.417. The summed E-state index contributed by atoms with van der Waals surface area (Å²) in [6, 6.07) is 6.66. The van der Waals surface area contributed by atoms with Gasteiger partial charge in [0.25, 0.3) is 0 Å². The van der Waals surface area contributed by atoms with Gasteiger partial charge in [-0.15, -0.1) is 0 Å². The molecule has 0 amide bonds. The number of halogens is 1. The van der Waals surface area contributed by atoms with E-state index in [1.807, 2.05) is 13.0 Å². The summed E-state index contributed by atoms with van der Waals surface area (Å²) in [5, 5.41) is 9.71. The first-order valence-corrected chi connectivity index (χ1v) is 8.23. The third kappa shape index (κ3) is 3.35. The lowest BCUT2D eigenvalue weighted by Crippen LogP contribution is -2.45. The molecule has 1 aromatic carbocycles. The molecule has 2 rings (SSSR count). The molecule has 0 spiro atoms. The number of hydrogen-bond acceptors (Lipinski definition) is 2. The molecule has 1 aliphatic heterocycles. The zero-order valence-electron chi connectivity index (χ0n) is 13.5. The molecule has 114 valence electrons. The van der Waals surface area contributed by atoms with Gasteiger partial charge in [0.15, 0.2) is 0 Å². The van der Waals surface area contributed by atoms with Crippen LogP contribution in [0.15, 0.2) is 12.1 Å². The Labute approximate surface area is 133 Å². The van der Waals surface area contributed by atoms with Crippen LogP contribution < -0.4 is 4.90 Å². The minimum atomic E-state index is 0.417. The highest BCUT2D eigenvalue weighted by atomic mass is 35.5. The standard InChI is InChI=1S/C18H25ClN2/c1-5-6-15-11-18(3,4)9-10-21(15)16-8-7-14(12-20)17(19)13(16)2/h7-8,15H,5-6,9-11H2,1-4H3. The van der Waals surface area contributed by atoms with E-state index in [4.69, 9.17) is 16.9 Å². The molecule has 0 aromatic heterocycles. The average Bonchev–Trinajstić information content (AvgIpc) is 2.42. The fraction of sp³-hybridized carbons (Fsp3) is 0.611. The van der Waals surface area contributed by atoms with Crippen molar-refractivity contribution in [2.24, 2.45) is 5.41 Å². The van der Waals surface area contributed by atoms with Gasteiger partial charge in [-0.05, 0) is 49.3 Å². The van der Waals surface area contributed by atoms with Crippen LogP contribution >= 0.6 is 11.6 Å². The predicted octanol–water partition coefficient (Wildman–Crippen LogP) is 5.32. The van der Waals surface area contributed by atoms with Gasteiger partial charge in [0, 0.05) is 18.3 Å². The van der Waals surface area contributed by atoms with Gasteiger partial charge in [-0.25, -0.2) is 0 Å². The van der Waals surface area contributed by atoms with E-state index in [1.54, 1.807) is 0 Å². The first-order chi connectivity index (χ1) is 9.89. The third-order valence-electron chi connectivity index (χ3n) is 4.67. The van der Waals surface area contributed by atoms with Gasteiger partial charge in [-0.3, -0.25) is 0 Å². The Morgan fingerprint density at radius 3 is 2.76 bits per heavy atom. The van der Waals surface area contributed by atoms with Crippen LogP contribution in [0.4, 0.5) is 5.69 Å². The highest BCUT2D eigenvalue weighted by molar-refractivity contribution is 6.32. The lowest BCUT2D eigenvalue weighted by molar-refractivity contribution is 0.229. The maximum Gasteiger partial charge on any atom is 0.101 e. The van der Waals surface area contributed by atoms with Crippen LogP contribution in [0.2, 0.25) is 5.02 Å². The predicted molar refractivity (Wildman–Crippen MR) is 90.0 cm³/mol. The van der Waals surface area contributed by atoms with Crippen molar-refractivity contribution in [2.45, 2.75) is 59.4 Å². The van der Waals surface area contributed by atoms with Crippen molar-refractivity contribution in [1.82, 2.24) is 0 Å². The van der Waals surface area contributed by atoms with E-state index in [0.717, 1.165) is 12.1 Å². The van der Waals surface area contributed by atoms with Gasteiger partial charge in [0.05, 0.1) is 10.6 Å². The minimum Gasteiger partial charge on any atom is -0.368 e. The molecular weight excluding hydrogens is 280 g/mol. The summed E-state index contributed by atoms with van der Waals surface area (Å²) in [5.74, 6) is 0. The van der Waals surface area contributed by atoms with Gasteiger partial charge in [0.2, 0.25) is 0 Å². The van der Waals surface area contributed by atoms with Crippen LogP contribution in [-0.4, -0.2) is 12.6 Å². The smallest absolute Gasteiger partial charge is 0.101 e. The first-order valence-electron chi connectivity index (χ1n) is 7.85. The molecule has 0 N–H and O–H groups in total. The molecular formula is C18H25ClN2. The summed E-state index contributed by atoms with van der Waals surface area (Å²) >= 11 is 6.35. The van der Waals surface area contributed by atoms with E-state index in [1.165, 1.54) is 31.4 Å². The quantitative estimate of drug-likeness (QED) is 0.756. The summed E-state index contributed by atoms with van der Waals surface area (Å²) in [5.41, 5.74) is 3.23. The van der Waals surface area contributed by atoms with E-state index < -0.39 is 0 Å². The third-order valence-corrected chi connectivity index (χ3v) is 5.16. The molecule has 0 radical (unpaired) electrons. The van der Waals surface area contributed by atoms with E-state index in [2.05, 4.69) is 37.8 Å². The normalized spacial score (nSPS) is 21.1. The highest BCUT2D eigenvalue weighted by Crippen LogP contribution is 2.40. The van der Waals surface area contributed by atoms with Gasteiger partial charge in [-0.1, -0.05) is 38.8 Å². The molecule has 1 heterocycles. The summed E-state index contributed by atoms with van der Waals surface area (Å²) in [7, 11) is 0. The number of piperidine rings is 1. The second-order valence-corrected chi connectivity index (χ2v) is 7.32. The Morgan fingerprint density at radius 2 is 2.14 bits per heavy atom. The fourth-order valence-corrected chi connectivity index (χ4v) is 3.64. The lowest BCUT2D eigenvalue weighted by Gasteiger charge is -2.45. The molecule has 3 heteroatoms. The Kier molecular flexibility index (Phi) is 4.84. The van der Waals surface area contributed by atoms with Crippen LogP contribution in [0, 0.1) is 23.7 Å². The molecule has 1 aromatic rings. The van der Waals surface area contributed by atoms with Crippen molar-refractivity contribution in [3.05, 3.63) is 28.3 Å².